The summed E-state index contributed by atoms with van der Waals surface area (Å²) in [5.74, 6) is 0.466. The molecule has 0 spiro atoms. The Morgan fingerprint density at radius 1 is 1.09 bits per heavy atom. The minimum absolute atomic E-state index is 0.157. The smallest absolute Gasteiger partial charge is 0.416 e. The molecule has 22 heavy (non-hydrogen) atoms. The molecule has 0 radical (unpaired) electrons. The summed E-state index contributed by atoms with van der Waals surface area (Å²) in [4.78, 5) is 0. The second kappa shape index (κ2) is 6.36. The van der Waals surface area contributed by atoms with Gasteiger partial charge in [0.15, 0.2) is 11.5 Å². The predicted octanol–water partition coefficient (Wildman–Crippen LogP) is 3.88. The lowest BCUT2D eigenvalue weighted by molar-refractivity contribution is -0.139. The van der Waals surface area contributed by atoms with Crippen molar-refractivity contribution in [1.82, 2.24) is 0 Å². The van der Waals surface area contributed by atoms with E-state index in [9.17, 15) is 13.2 Å². The quantitative estimate of drug-likeness (QED) is 0.916. The van der Waals surface area contributed by atoms with Crippen molar-refractivity contribution in [2.24, 2.45) is 5.73 Å². The van der Waals surface area contributed by atoms with Gasteiger partial charge >= 0.3 is 6.18 Å². The number of methoxy groups -OCH3 is 2. The van der Waals surface area contributed by atoms with E-state index in [2.05, 4.69) is 0 Å². The SMILES string of the molecule is COc1ccc(C(F)(F)F)c(C2(CN)CCCCC2)c1OC. The number of alkyl halides is 3. The Balaban J connectivity index is 2.73. The molecule has 0 bridgehead atoms. The van der Waals surface area contributed by atoms with E-state index in [1.54, 1.807) is 0 Å². The molecule has 2 N–H and O–H groups in total. The van der Waals surface area contributed by atoms with Crippen LogP contribution in [0.15, 0.2) is 12.1 Å². The first kappa shape index (κ1) is 16.9. The summed E-state index contributed by atoms with van der Waals surface area (Å²) in [5.41, 5.74) is 4.72. The van der Waals surface area contributed by atoms with E-state index >= 15 is 0 Å². The molecule has 6 heteroatoms. The first-order valence-corrected chi connectivity index (χ1v) is 7.42. The van der Waals surface area contributed by atoms with Crippen molar-refractivity contribution in [2.45, 2.75) is 43.7 Å². The van der Waals surface area contributed by atoms with Crippen LogP contribution in [-0.4, -0.2) is 20.8 Å². The van der Waals surface area contributed by atoms with Gasteiger partial charge in [-0.3, -0.25) is 0 Å². The summed E-state index contributed by atoms with van der Waals surface area (Å²) in [7, 11) is 2.79. The molecule has 1 fully saturated rings. The van der Waals surface area contributed by atoms with Crippen LogP contribution in [0.5, 0.6) is 11.5 Å². The van der Waals surface area contributed by atoms with Crippen LogP contribution in [0.25, 0.3) is 0 Å². The van der Waals surface area contributed by atoms with Gasteiger partial charge in [0.2, 0.25) is 0 Å². The lowest BCUT2D eigenvalue weighted by atomic mass is 9.67. The van der Waals surface area contributed by atoms with Gasteiger partial charge in [0.25, 0.3) is 0 Å². The highest BCUT2D eigenvalue weighted by atomic mass is 19.4. The molecule has 2 rings (SSSR count). The zero-order valence-corrected chi connectivity index (χ0v) is 12.9. The maximum atomic E-state index is 13.5. The van der Waals surface area contributed by atoms with Gasteiger partial charge in [-0.15, -0.1) is 0 Å². The van der Waals surface area contributed by atoms with Crippen LogP contribution < -0.4 is 15.2 Å². The van der Waals surface area contributed by atoms with Crippen LogP contribution >= 0.6 is 0 Å². The Labute approximate surface area is 128 Å². The van der Waals surface area contributed by atoms with Crippen LogP contribution in [-0.2, 0) is 11.6 Å². The van der Waals surface area contributed by atoms with Crippen molar-refractivity contribution >= 4 is 0 Å². The summed E-state index contributed by atoms with van der Waals surface area (Å²) in [5, 5.41) is 0. The fraction of sp³-hybridized carbons (Fsp3) is 0.625. The van der Waals surface area contributed by atoms with Gasteiger partial charge in [-0.25, -0.2) is 0 Å². The third-order valence-corrected chi connectivity index (χ3v) is 4.58. The molecule has 1 aliphatic carbocycles. The Morgan fingerprint density at radius 3 is 2.18 bits per heavy atom. The van der Waals surface area contributed by atoms with E-state index in [-0.39, 0.29) is 17.9 Å². The molecule has 3 nitrogen and oxygen atoms in total. The van der Waals surface area contributed by atoms with Crippen molar-refractivity contribution in [1.29, 1.82) is 0 Å². The molecular weight excluding hydrogens is 295 g/mol. The second-order valence-electron chi connectivity index (χ2n) is 5.77. The number of benzene rings is 1. The van der Waals surface area contributed by atoms with E-state index in [0.717, 1.165) is 25.3 Å². The lowest BCUT2D eigenvalue weighted by Gasteiger charge is -2.39. The number of ether oxygens (including phenoxy) is 2. The standard InChI is InChI=1S/C16H22F3NO2/c1-21-12-7-6-11(16(17,18)19)13(14(12)22-2)15(10-20)8-4-3-5-9-15/h6-7H,3-5,8-10,20H2,1-2H3. The van der Waals surface area contributed by atoms with Gasteiger partial charge in [-0.1, -0.05) is 19.3 Å². The third kappa shape index (κ3) is 2.89. The van der Waals surface area contributed by atoms with Gasteiger partial charge < -0.3 is 15.2 Å². The summed E-state index contributed by atoms with van der Waals surface area (Å²) < 4.78 is 51.1. The van der Waals surface area contributed by atoms with Gasteiger partial charge in [0, 0.05) is 17.5 Å². The minimum atomic E-state index is -4.45. The first-order valence-electron chi connectivity index (χ1n) is 7.42. The normalized spacial score (nSPS) is 18.1. The average molecular weight is 317 g/mol. The van der Waals surface area contributed by atoms with Crippen LogP contribution in [0.1, 0.15) is 43.2 Å². The molecule has 0 heterocycles. The fourth-order valence-corrected chi connectivity index (χ4v) is 3.47. The maximum Gasteiger partial charge on any atom is 0.416 e. The fourth-order valence-electron chi connectivity index (χ4n) is 3.47. The molecule has 0 aliphatic heterocycles. The summed E-state index contributed by atoms with van der Waals surface area (Å²) in [6, 6.07) is 2.38. The highest BCUT2D eigenvalue weighted by Crippen LogP contribution is 2.50. The van der Waals surface area contributed by atoms with Crippen molar-refractivity contribution in [3.63, 3.8) is 0 Å². The monoisotopic (exact) mass is 317 g/mol. The van der Waals surface area contributed by atoms with Crippen LogP contribution in [0.4, 0.5) is 13.2 Å². The van der Waals surface area contributed by atoms with E-state index in [1.165, 1.54) is 20.3 Å². The molecule has 0 amide bonds. The minimum Gasteiger partial charge on any atom is -0.493 e. The molecular formula is C16H22F3NO2. The topological polar surface area (TPSA) is 44.5 Å². The van der Waals surface area contributed by atoms with Crippen molar-refractivity contribution in [3.05, 3.63) is 23.3 Å². The summed E-state index contributed by atoms with van der Waals surface area (Å²) in [6.07, 6.45) is -0.417. The molecule has 1 aliphatic rings. The second-order valence-corrected chi connectivity index (χ2v) is 5.77. The summed E-state index contributed by atoms with van der Waals surface area (Å²) in [6.45, 7) is 0.166. The number of nitrogens with two attached hydrogens (primary N) is 1. The van der Waals surface area contributed by atoms with E-state index in [1.807, 2.05) is 0 Å². The number of hydrogen-bond acceptors (Lipinski definition) is 3. The maximum absolute atomic E-state index is 13.5. The molecule has 0 saturated heterocycles. The first-order chi connectivity index (χ1) is 10.4. The van der Waals surface area contributed by atoms with E-state index < -0.39 is 17.2 Å². The number of hydrogen-bond donors (Lipinski definition) is 1. The number of halogens is 3. The van der Waals surface area contributed by atoms with Gasteiger partial charge in [0.05, 0.1) is 19.8 Å². The zero-order valence-electron chi connectivity index (χ0n) is 12.9. The Hall–Kier alpha value is -1.43. The van der Waals surface area contributed by atoms with Crippen LogP contribution in [0.2, 0.25) is 0 Å². The molecule has 0 aromatic heterocycles. The molecule has 1 aromatic carbocycles. The largest absolute Gasteiger partial charge is 0.493 e. The molecule has 1 saturated carbocycles. The van der Waals surface area contributed by atoms with Crippen LogP contribution in [0.3, 0.4) is 0 Å². The van der Waals surface area contributed by atoms with Gasteiger partial charge in [0.1, 0.15) is 0 Å². The van der Waals surface area contributed by atoms with Gasteiger partial charge in [-0.05, 0) is 25.0 Å². The molecule has 0 atom stereocenters. The van der Waals surface area contributed by atoms with Crippen molar-refractivity contribution in [3.8, 4) is 11.5 Å². The molecule has 0 unspecified atom stereocenters. The Morgan fingerprint density at radius 2 is 1.73 bits per heavy atom. The highest BCUT2D eigenvalue weighted by molar-refractivity contribution is 5.55. The lowest BCUT2D eigenvalue weighted by Crippen LogP contribution is -2.39. The van der Waals surface area contributed by atoms with Gasteiger partial charge in [-0.2, -0.15) is 13.2 Å². The average Bonchev–Trinajstić information content (AvgIpc) is 2.53. The van der Waals surface area contributed by atoms with E-state index in [4.69, 9.17) is 15.2 Å². The summed E-state index contributed by atoms with van der Waals surface area (Å²) >= 11 is 0. The van der Waals surface area contributed by atoms with Crippen molar-refractivity contribution in [2.75, 3.05) is 20.8 Å². The van der Waals surface area contributed by atoms with E-state index in [0.29, 0.717) is 18.6 Å². The highest BCUT2D eigenvalue weighted by Gasteiger charge is 2.44. The molecule has 1 aromatic rings. The van der Waals surface area contributed by atoms with Crippen LogP contribution in [0, 0.1) is 0 Å². The van der Waals surface area contributed by atoms with Crippen molar-refractivity contribution < 1.29 is 22.6 Å². The third-order valence-electron chi connectivity index (χ3n) is 4.58. The predicted molar refractivity (Wildman–Crippen MR) is 78.4 cm³/mol. The Bertz CT molecular complexity index is 523. The number of rotatable bonds is 4. The Kier molecular flexibility index (Phi) is 4.90. The zero-order chi connectivity index (χ0) is 16.4. The molecule has 124 valence electrons.